The van der Waals surface area contributed by atoms with Crippen molar-refractivity contribution in [2.75, 3.05) is 23.8 Å². The fourth-order valence-electron chi connectivity index (χ4n) is 6.14. The van der Waals surface area contributed by atoms with Crippen molar-refractivity contribution in [2.24, 2.45) is 0 Å². The summed E-state index contributed by atoms with van der Waals surface area (Å²) in [6.45, 7) is 0.515. The lowest BCUT2D eigenvalue weighted by molar-refractivity contribution is -0.139. The van der Waals surface area contributed by atoms with Gasteiger partial charge in [-0.05, 0) is 28.8 Å². The van der Waals surface area contributed by atoms with E-state index in [1.807, 2.05) is 78.9 Å². The lowest BCUT2D eigenvalue weighted by Gasteiger charge is -2.33. The monoisotopic (exact) mass is 524 g/mol. The van der Waals surface area contributed by atoms with Crippen LogP contribution in [0.15, 0.2) is 78.9 Å². The Morgan fingerprint density at radius 1 is 0.872 bits per heavy atom. The number of carbonyl (C=O) groups is 3. The van der Waals surface area contributed by atoms with Crippen molar-refractivity contribution in [1.29, 1.82) is 0 Å². The van der Waals surface area contributed by atoms with Crippen LogP contribution in [0, 0.1) is 0 Å². The van der Waals surface area contributed by atoms with Gasteiger partial charge in [-0.15, -0.1) is 0 Å². The largest absolute Gasteiger partial charge is 0.391 e. The molecule has 2 N–H and O–H groups in total. The van der Waals surface area contributed by atoms with Crippen LogP contribution in [-0.2, 0) is 33.8 Å². The number of β-amino-alcohol motifs (C(OH)–C–C–N with tert-alkyl or cyclic N) is 1. The lowest BCUT2D eigenvalue weighted by atomic mass is 10.1. The standard InChI is InChI=1S/C31H32N4O4/c1-33(18-20-9-3-2-4-10-20)30(38)28-16-22-12-6-8-14-26(22)35(28)31(39)27-17-23(36)19-34(27)29(37)25-15-21-11-5-7-13-24(21)32-25/h2-14,23,25,27-28,32,36H,15-19H2,1H3/t23-,25+,27+,28+/m1/s1. The summed E-state index contributed by atoms with van der Waals surface area (Å²) in [7, 11) is 1.75. The molecule has 0 bridgehead atoms. The Balaban J connectivity index is 1.25. The number of aliphatic hydroxyl groups excluding tert-OH is 1. The van der Waals surface area contributed by atoms with Gasteiger partial charge in [-0.1, -0.05) is 66.7 Å². The zero-order valence-corrected chi connectivity index (χ0v) is 21.9. The Bertz CT molecular complexity index is 1390. The second kappa shape index (κ2) is 10.2. The van der Waals surface area contributed by atoms with Crippen molar-refractivity contribution in [3.8, 4) is 0 Å². The Kier molecular flexibility index (Phi) is 6.56. The molecule has 8 heteroatoms. The molecule has 3 aliphatic rings. The van der Waals surface area contributed by atoms with E-state index in [0.717, 1.165) is 22.4 Å². The van der Waals surface area contributed by atoms with Crippen LogP contribution in [0.3, 0.4) is 0 Å². The molecule has 3 heterocycles. The molecule has 3 amide bonds. The van der Waals surface area contributed by atoms with Gasteiger partial charge in [-0.2, -0.15) is 0 Å². The molecule has 1 fully saturated rings. The maximum Gasteiger partial charge on any atom is 0.250 e. The van der Waals surface area contributed by atoms with Gasteiger partial charge in [-0.3, -0.25) is 19.3 Å². The molecule has 3 aromatic carbocycles. The van der Waals surface area contributed by atoms with E-state index in [9.17, 15) is 19.5 Å². The number of aliphatic hydroxyl groups is 1. The Morgan fingerprint density at radius 3 is 2.33 bits per heavy atom. The number of amides is 3. The topological polar surface area (TPSA) is 93.2 Å². The smallest absolute Gasteiger partial charge is 0.250 e. The number of para-hydroxylation sites is 2. The van der Waals surface area contributed by atoms with Gasteiger partial charge in [0.2, 0.25) is 11.8 Å². The molecule has 3 aromatic rings. The van der Waals surface area contributed by atoms with Crippen LogP contribution < -0.4 is 10.2 Å². The predicted octanol–water partition coefficient (Wildman–Crippen LogP) is 2.60. The molecule has 0 radical (unpaired) electrons. The molecule has 4 atom stereocenters. The SMILES string of the molecule is CN(Cc1ccccc1)C(=O)[C@@H]1Cc2ccccc2N1C(=O)[C@@H]1C[C@@H](O)CN1C(=O)[C@@H]1Cc2ccccc2N1. The van der Waals surface area contributed by atoms with E-state index in [-0.39, 0.29) is 30.7 Å². The zero-order valence-electron chi connectivity index (χ0n) is 21.9. The third-order valence-electron chi connectivity index (χ3n) is 8.05. The van der Waals surface area contributed by atoms with Crippen molar-refractivity contribution in [3.05, 3.63) is 95.6 Å². The van der Waals surface area contributed by atoms with E-state index in [0.29, 0.717) is 25.1 Å². The first-order valence-electron chi connectivity index (χ1n) is 13.4. The molecule has 0 unspecified atom stereocenters. The number of fused-ring (bicyclic) bond motifs is 2. The number of likely N-dealkylation sites (N-methyl/N-ethyl adjacent to an activating group) is 1. The molecule has 39 heavy (non-hydrogen) atoms. The van der Waals surface area contributed by atoms with Crippen molar-refractivity contribution < 1.29 is 19.5 Å². The molecule has 0 saturated carbocycles. The van der Waals surface area contributed by atoms with Crippen molar-refractivity contribution in [3.63, 3.8) is 0 Å². The van der Waals surface area contributed by atoms with Gasteiger partial charge < -0.3 is 20.2 Å². The first kappa shape index (κ1) is 25.1. The number of hydrogen-bond donors (Lipinski definition) is 2. The highest BCUT2D eigenvalue weighted by Crippen LogP contribution is 2.36. The molecular formula is C31H32N4O4. The molecular weight excluding hydrogens is 492 g/mol. The third-order valence-corrected chi connectivity index (χ3v) is 8.05. The molecule has 200 valence electrons. The molecule has 0 aromatic heterocycles. The summed E-state index contributed by atoms with van der Waals surface area (Å²) in [5.41, 5.74) is 4.58. The summed E-state index contributed by atoms with van der Waals surface area (Å²) < 4.78 is 0. The first-order chi connectivity index (χ1) is 18.9. The van der Waals surface area contributed by atoms with Crippen LogP contribution in [0.5, 0.6) is 0 Å². The number of benzene rings is 3. The lowest BCUT2D eigenvalue weighted by Crippen LogP contribution is -2.56. The number of carbonyl (C=O) groups excluding carboxylic acids is 3. The summed E-state index contributed by atoms with van der Waals surface area (Å²) in [5.74, 6) is -0.697. The Morgan fingerprint density at radius 2 is 1.56 bits per heavy atom. The fourth-order valence-corrected chi connectivity index (χ4v) is 6.14. The van der Waals surface area contributed by atoms with Gasteiger partial charge in [0.05, 0.1) is 6.10 Å². The molecule has 3 aliphatic heterocycles. The van der Waals surface area contributed by atoms with Gasteiger partial charge in [-0.25, -0.2) is 0 Å². The van der Waals surface area contributed by atoms with Crippen LogP contribution in [-0.4, -0.2) is 70.4 Å². The minimum atomic E-state index is -0.848. The predicted molar refractivity (Wildman–Crippen MR) is 148 cm³/mol. The number of nitrogens with zero attached hydrogens (tertiary/aromatic N) is 3. The quantitative estimate of drug-likeness (QED) is 0.535. The highest BCUT2D eigenvalue weighted by atomic mass is 16.3. The Labute approximate surface area is 227 Å². The van der Waals surface area contributed by atoms with Crippen LogP contribution >= 0.6 is 0 Å². The molecule has 0 spiro atoms. The van der Waals surface area contributed by atoms with Crippen LogP contribution in [0.4, 0.5) is 11.4 Å². The minimum absolute atomic E-state index is 0.0891. The number of hydrogen-bond acceptors (Lipinski definition) is 5. The average Bonchev–Trinajstić information content (AvgIpc) is 3.67. The molecule has 0 aliphatic carbocycles. The third kappa shape index (κ3) is 4.65. The number of rotatable bonds is 5. The van der Waals surface area contributed by atoms with E-state index in [2.05, 4.69) is 5.32 Å². The highest BCUT2D eigenvalue weighted by molar-refractivity contribution is 6.07. The number of likely N-dealkylation sites (tertiary alicyclic amines) is 1. The summed E-state index contributed by atoms with van der Waals surface area (Å²) in [6, 6.07) is 23.0. The fraction of sp³-hybridized carbons (Fsp3) is 0.323. The van der Waals surface area contributed by atoms with Crippen LogP contribution in [0.25, 0.3) is 0 Å². The minimum Gasteiger partial charge on any atom is -0.391 e. The second-order valence-corrected chi connectivity index (χ2v) is 10.7. The van der Waals surface area contributed by atoms with E-state index < -0.39 is 24.2 Å². The van der Waals surface area contributed by atoms with Crippen LogP contribution in [0.2, 0.25) is 0 Å². The van der Waals surface area contributed by atoms with Gasteiger partial charge in [0.25, 0.3) is 5.91 Å². The van der Waals surface area contributed by atoms with Crippen molar-refractivity contribution in [2.45, 2.75) is 50.0 Å². The van der Waals surface area contributed by atoms with Gasteiger partial charge >= 0.3 is 0 Å². The normalized spacial score (nSPS) is 23.2. The number of anilines is 2. The van der Waals surface area contributed by atoms with Gasteiger partial charge in [0.1, 0.15) is 18.1 Å². The molecule has 6 rings (SSSR count). The van der Waals surface area contributed by atoms with Crippen molar-refractivity contribution >= 4 is 29.1 Å². The summed E-state index contributed by atoms with van der Waals surface area (Å²) in [5, 5.41) is 13.9. The van der Waals surface area contributed by atoms with Gasteiger partial charge in [0.15, 0.2) is 0 Å². The number of nitrogens with one attached hydrogen (secondary N) is 1. The zero-order chi connectivity index (χ0) is 27.1. The highest BCUT2D eigenvalue weighted by Gasteiger charge is 2.48. The second-order valence-electron chi connectivity index (χ2n) is 10.7. The Hall–Kier alpha value is -4.17. The van der Waals surface area contributed by atoms with E-state index in [4.69, 9.17) is 0 Å². The molecule has 1 saturated heterocycles. The van der Waals surface area contributed by atoms with Gasteiger partial charge in [0, 0.05) is 50.8 Å². The maximum atomic E-state index is 14.2. The van der Waals surface area contributed by atoms with E-state index in [1.165, 1.54) is 4.90 Å². The molecule has 8 nitrogen and oxygen atoms in total. The maximum absolute atomic E-state index is 14.2. The van der Waals surface area contributed by atoms with Crippen LogP contribution in [0.1, 0.15) is 23.1 Å². The summed E-state index contributed by atoms with van der Waals surface area (Å²) >= 11 is 0. The summed E-state index contributed by atoms with van der Waals surface area (Å²) in [6.07, 6.45) is 0.270. The summed E-state index contributed by atoms with van der Waals surface area (Å²) in [4.78, 5) is 46.4. The van der Waals surface area contributed by atoms with E-state index >= 15 is 0 Å². The van der Waals surface area contributed by atoms with E-state index in [1.54, 1.807) is 16.8 Å². The first-order valence-corrected chi connectivity index (χ1v) is 13.4. The van der Waals surface area contributed by atoms with Crippen molar-refractivity contribution in [1.82, 2.24) is 9.80 Å². The average molecular weight is 525 g/mol.